The van der Waals surface area contributed by atoms with Gasteiger partial charge in [-0.3, -0.25) is 4.79 Å². The van der Waals surface area contributed by atoms with E-state index in [0.717, 1.165) is 34.0 Å². The van der Waals surface area contributed by atoms with Gasteiger partial charge in [-0.1, -0.05) is 54.6 Å². The number of rotatable bonds is 6. The van der Waals surface area contributed by atoms with Gasteiger partial charge in [0.15, 0.2) is 5.82 Å². The number of hydrogen-bond acceptors (Lipinski definition) is 7. The monoisotopic (exact) mass is 463 g/mol. The molecule has 4 atom stereocenters. The molecule has 0 amide bonds. The van der Waals surface area contributed by atoms with Crippen LogP contribution in [-0.4, -0.2) is 38.6 Å². The number of aromatic nitrogens is 4. The van der Waals surface area contributed by atoms with Crippen molar-refractivity contribution in [3.05, 3.63) is 79.4 Å². The number of nitrogens with zero attached hydrogens (tertiary/aromatic N) is 4. The summed E-state index contributed by atoms with van der Waals surface area (Å²) in [6.45, 7) is 2.22. The molecule has 35 heavy (non-hydrogen) atoms. The van der Waals surface area contributed by atoms with Gasteiger partial charge in [-0.2, -0.15) is 0 Å². The summed E-state index contributed by atoms with van der Waals surface area (Å²) < 4.78 is 5.46. The van der Waals surface area contributed by atoms with Gasteiger partial charge in [-0.15, -0.1) is 0 Å². The lowest BCUT2D eigenvalue weighted by atomic mass is 9.88. The Morgan fingerprint density at radius 3 is 2.57 bits per heavy atom. The highest BCUT2D eigenvalue weighted by Gasteiger charge is 2.49. The zero-order valence-corrected chi connectivity index (χ0v) is 19.3. The molecule has 0 saturated heterocycles. The van der Waals surface area contributed by atoms with Crippen LogP contribution in [0.2, 0.25) is 0 Å². The molecule has 1 fully saturated rings. The SMILES string of the molecule is CCOC(=O)[C@@H]1C2C=CC(C2)[C@@H]1Nc1nc(-c2cncnc2)nc2cccc(-c3ccccc3)c12. The van der Waals surface area contributed by atoms with E-state index in [2.05, 4.69) is 45.6 Å². The molecule has 1 saturated carbocycles. The highest BCUT2D eigenvalue weighted by atomic mass is 16.5. The Morgan fingerprint density at radius 2 is 1.77 bits per heavy atom. The molecule has 6 rings (SSSR count). The first kappa shape index (κ1) is 21.4. The lowest BCUT2D eigenvalue weighted by Crippen LogP contribution is -2.39. The second-order valence-corrected chi connectivity index (χ2v) is 8.98. The van der Waals surface area contributed by atoms with Crippen molar-refractivity contribution >= 4 is 22.7 Å². The second kappa shape index (κ2) is 8.91. The Labute approximate surface area is 203 Å². The number of esters is 1. The molecule has 0 aliphatic heterocycles. The van der Waals surface area contributed by atoms with Crippen molar-refractivity contribution in [1.82, 2.24) is 19.9 Å². The van der Waals surface area contributed by atoms with Crippen LogP contribution in [-0.2, 0) is 9.53 Å². The Hall–Kier alpha value is -4.13. The molecule has 2 unspecified atom stereocenters. The number of nitrogens with one attached hydrogen (secondary N) is 1. The average molecular weight is 464 g/mol. The van der Waals surface area contributed by atoms with Gasteiger partial charge < -0.3 is 10.1 Å². The van der Waals surface area contributed by atoms with E-state index in [4.69, 9.17) is 14.7 Å². The molecular weight excluding hydrogens is 438 g/mol. The van der Waals surface area contributed by atoms with Crippen LogP contribution in [0.15, 0.2) is 79.4 Å². The lowest BCUT2D eigenvalue weighted by molar-refractivity contribution is -0.149. The lowest BCUT2D eigenvalue weighted by Gasteiger charge is -2.28. The van der Waals surface area contributed by atoms with E-state index in [9.17, 15) is 4.79 Å². The van der Waals surface area contributed by atoms with Gasteiger partial charge in [0.2, 0.25) is 0 Å². The summed E-state index contributed by atoms with van der Waals surface area (Å²) in [5.74, 6) is 1.26. The first-order valence-corrected chi connectivity index (χ1v) is 12.0. The molecule has 2 aliphatic carbocycles. The molecule has 7 nitrogen and oxygen atoms in total. The summed E-state index contributed by atoms with van der Waals surface area (Å²) in [4.78, 5) is 31.0. The first-order chi connectivity index (χ1) is 17.2. The molecule has 174 valence electrons. The summed E-state index contributed by atoms with van der Waals surface area (Å²) >= 11 is 0. The topological polar surface area (TPSA) is 89.9 Å². The van der Waals surface area contributed by atoms with Crippen LogP contribution in [0, 0.1) is 17.8 Å². The van der Waals surface area contributed by atoms with E-state index in [1.807, 2.05) is 37.3 Å². The smallest absolute Gasteiger partial charge is 0.311 e. The van der Waals surface area contributed by atoms with Crippen molar-refractivity contribution < 1.29 is 9.53 Å². The molecule has 2 bridgehead atoms. The maximum Gasteiger partial charge on any atom is 0.311 e. The molecule has 1 N–H and O–H groups in total. The van der Waals surface area contributed by atoms with Gasteiger partial charge in [-0.25, -0.2) is 19.9 Å². The minimum atomic E-state index is -0.248. The number of anilines is 1. The summed E-state index contributed by atoms with van der Waals surface area (Å²) in [7, 11) is 0. The van der Waals surface area contributed by atoms with Gasteiger partial charge in [0.25, 0.3) is 0 Å². The van der Waals surface area contributed by atoms with E-state index in [1.54, 1.807) is 12.4 Å². The fourth-order valence-corrected chi connectivity index (χ4v) is 5.43. The summed E-state index contributed by atoms with van der Waals surface area (Å²) in [5.41, 5.74) is 3.66. The normalized spacial score (nSPS) is 22.4. The second-order valence-electron chi connectivity index (χ2n) is 8.98. The van der Waals surface area contributed by atoms with Gasteiger partial charge in [0.05, 0.1) is 29.0 Å². The summed E-state index contributed by atoms with van der Waals surface area (Å²) in [6, 6.07) is 16.2. The number of hydrogen-bond donors (Lipinski definition) is 1. The van der Waals surface area contributed by atoms with Crippen LogP contribution in [0.5, 0.6) is 0 Å². The van der Waals surface area contributed by atoms with E-state index in [1.165, 1.54) is 6.33 Å². The maximum atomic E-state index is 12.9. The minimum absolute atomic E-state index is 0.106. The minimum Gasteiger partial charge on any atom is -0.466 e. The predicted octanol–water partition coefficient (Wildman–Crippen LogP) is 4.92. The number of benzene rings is 2. The van der Waals surface area contributed by atoms with Gasteiger partial charge in [0, 0.05) is 18.4 Å². The van der Waals surface area contributed by atoms with Crippen molar-refractivity contribution in [1.29, 1.82) is 0 Å². The standard InChI is InChI=1S/C28H25N5O2/c1-2-35-28(34)23-18-11-12-19(13-18)25(23)32-27-24-21(17-7-4-3-5-8-17)9-6-10-22(24)31-26(33-27)20-14-29-16-30-15-20/h3-12,14-16,18-19,23,25H,2,13H2,1H3,(H,31,32,33)/t18?,19?,23-,25+/m1/s1. The van der Waals surface area contributed by atoms with Crippen molar-refractivity contribution in [2.45, 2.75) is 19.4 Å². The van der Waals surface area contributed by atoms with Gasteiger partial charge >= 0.3 is 5.97 Å². The molecule has 2 aromatic heterocycles. The molecule has 0 radical (unpaired) electrons. The van der Waals surface area contributed by atoms with E-state index < -0.39 is 0 Å². The zero-order valence-electron chi connectivity index (χ0n) is 19.3. The largest absolute Gasteiger partial charge is 0.466 e. The number of carbonyl (C=O) groups is 1. The fraction of sp³-hybridized carbons (Fsp3) is 0.250. The third-order valence-corrected chi connectivity index (χ3v) is 6.95. The van der Waals surface area contributed by atoms with Crippen molar-refractivity contribution in [2.24, 2.45) is 17.8 Å². The van der Waals surface area contributed by atoms with Crippen LogP contribution < -0.4 is 5.32 Å². The molecule has 2 aliphatic rings. The number of fused-ring (bicyclic) bond motifs is 3. The molecule has 0 spiro atoms. The zero-order chi connectivity index (χ0) is 23.8. The molecule has 7 heteroatoms. The molecule has 4 aromatic rings. The van der Waals surface area contributed by atoms with Crippen LogP contribution in [0.1, 0.15) is 13.3 Å². The number of allylic oxidation sites excluding steroid dienone is 1. The maximum absolute atomic E-state index is 12.9. The first-order valence-electron chi connectivity index (χ1n) is 12.0. The Kier molecular flexibility index (Phi) is 5.45. The Morgan fingerprint density at radius 1 is 0.971 bits per heavy atom. The van der Waals surface area contributed by atoms with Crippen molar-refractivity contribution in [2.75, 3.05) is 11.9 Å². The fourth-order valence-electron chi connectivity index (χ4n) is 5.43. The molecule has 2 heterocycles. The highest BCUT2D eigenvalue weighted by Crippen LogP contribution is 2.46. The van der Waals surface area contributed by atoms with Crippen LogP contribution in [0.25, 0.3) is 33.4 Å². The average Bonchev–Trinajstić information content (AvgIpc) is 3.51. The molecular formula is C28H25N5O2. The summed E-state index contributed by atoms with van der Waals surface area (Å²) in [5, 5.41) is 4.61. The van der Waals surface area contributed by atoms with E-state index >= 15 is 0 Å². The van der Waals surface area contributed by atoms with Crippen LogP contribution in [0.3, 0.4) is 0 Å². The van der Waals surface area contributed by atoms with Gasteiger partial charge in [0.1, 0.15) is 12.1 Å². The van der Waals surface area contributed by atoms with Gasteiger partial charge in [-0.05, 0) is 42.4 Å². The van der Waals surface area contributed by atoms with Crippen LogP contribution >= 0.6 is 0 Å². The number of ether oxygens (including phenoxy) is 1. The van der Waals surface area contributed by atoms with E-state index in [-0.39, 0.29) is 29.8 Å². The Bertz CT molecular complexity index is 1410. The van der Waals surface area contributed by atoms with Crippen LogP contribution in [0.4, 0.5) is 5.82 Å². The van der Waals surface area contributed by atoms with Crippen molar-refractivity contribution in [3.63, 3.8) is 0 Å². The number of carbonyl (C=O) groups excluding carboxylic acids is 1. The Balaban J connectivity index is 1.51. The quantitative estimate of drug-likeness (QED) is 0.321. The van der Waals surface area contributed by atoms with E-state index in [0.29, 0.717) is 18.2 Å². The predicted molar refractivity (Wildman–Crippen MR) is 134 cm³/mol. The van der Waals surface area contributed by atoms with Crippen molar-refractivity contribution in [3.8, 4) is 22.5 Å². The third kappa shape index (κ3) is 3.83. The highest BCUT2D eigenvalue weighted by molar-refractivity contribution is 6.02. The summed E-state index contributed by atoms with van der Waals surface area (Å²) in [6.07, 6.45) is 10.2. The third-order valence-electron chi connectivity index (χ3n) is 6.95. The molecule has 2 aromatic carbocycles.